The number of nitrogens with one attached hydrogen (secondary N) is 1. The van der Waals surface area contributed by atoms with Crippen LogP contribution in [0.5, 0.6) is 0 Å². The van der Waals surface area contributed by atoms with Gasteiger partial charge in [0.15, 0.2) is 0 Å². The van der Waals surface area contributed by atoms with Crippen molar-refractivity contribution in [2.75, 3.05) is 49.6 Å². The highest BCUT2D eigenvalue weighted by atomic mass is 32.2. The van der Waals surface area contributed by atoms with Crippen molar-refractivity contribution in [3.05, 3.63) is 41.7 Å². The summed E-state index contributed by atoms with van der Waals surface area (Å²) < 4.78 is 73.6. The van der Waals surface area contributed by atoms with Crippen molar-refractivity contribution in [3.63, 3.8) is 0 Å². The smallest absolute Gasteiger partial charge is 0.379 e. The molecular weight excluding hydrogens is 461 g/mol. The molecule has 12 heteroatoms. The SMILES string of the molecule is Cn1cc(S(=O)(=O)N2CCOCC2)cc1C(=O)Nc1cc(C(F)(F)F)ccc1N1CCCC1. The molecule has 180 valence electrons. The number of alkyl halides is 3. The number of nitrogens with zero attached hydrogens (tertiary/aromatic N) is 3. The van der Waals surface area contributed by atoms with Crippen LogP contribution in [0.15, 0.2) is 35.4 Å². The van der Waals surface area contributed by atoms with E-state index >= 15 is 0 Å². The first kappa shape index (κ1) is 23.6. The molecule has 2 fully saturated rings. The first-order valence-corrected chi connectivity index (χ1v) is 12.0. The van der Waals surface area contributed by atoms with Gasteiger partial charge in [0.1, 0.15) is 10.6 Å². The fourth-order valence-corrected chi connectivity index (χ4v) is 5.55. The van der Waals surface area contributed by atoms with Crippen LogP contribution in [0.25, 0.3) is 0 Å². The highest BCUT2D eigenvalue weighted by Crippen LogP contribution is 2.37. The summed E-state index contributed by atoms with van der Waals surface area (Å²) in [6.45, 7) is 2.35. The van der Waals surface area contributed by atoms with Crippen LogP contribution in [-0.4, -0.2) is 62.6 Å². The third kappa shape index (κ3) is 4.87. The molecule has 2 aromatic rings. The molecule has 2 aliphatic rings. The van der Waals surface area contributed by atoms with Gasteiger partial charge in [0, 0.05) is 39.4 Å². The zero-order chi connectivity index (χ0) is 23.8. The van der Waals surface area contributed by atoms with Gasteiger partial charge in [0.05, 0.1) is 30.2 Å². The summed E-state index contributed by atoms with van der Waals surface area (Å²) in [6, 6.07) is 4.52. The normalized spacial score (nSPS) is 18.0. The Morgan fingerprint density at radius 2 is 1.73 bits per heavy atom. The van der Waals surface area contributed by atoms with Gasteiger partial charge in [-0.25, -0.2) is 8.42 Å². The molecule has 1 amide bonds. The number of carbonyl (C=O) groups is 1. The lowest BCUT2D eigenvalue weighted by molar-refractivity contribution is -0.137. The molecule has 8 nitrogen and oxygen atoms in total. The van der Waals surface area contributed by atoms with Gasteiger partial charge in [-0.1, -0.05) is 0 Å². The molecule has 0 aliphatic carbocycles. The number of aromatic nitrogens is 1. The van der Waals surface area contributed by atoms with Crippen molar-refractivity contribution in [3.8, 4) is 0 Å². The van der Waals surface area contributed by atoms with E-state index in [0.29, 0.717) is 18.8 Å². The van der Waals surface area contributed by atoms with Crippen molar-refractivity contribution in [1.29, 1.82) is 0 Å². The Kier molecular flexibility index (Phi) is 6.43. The Morgan fingerprint density at radius 3 is 2.36 bits per heavy atom. The van der Waals surface area contributed by atoms with Crippen molar-refractivity contribution < 1.29 is 31.1 Å². The minimum Gasteiger partial charge on any atom is -0.379 e. The van der Waals surface area contributed by atoms with Crippen LogP contribution in [0.2, 0.25) is 0 Å². The topological polar surface area (TPSA) is 83.9 Å². The van der Waals surface area contributed by atoms with Gasteiger partial charge in [-0.3, -0.25) is 4.79 Å². The minimum atomic E-state index is -4.56. The number of halogens is 3. The van der Waals surface area contributed by atoms with E-state index in [4.69, 9.17) is 4.74 Å². The number of morpholine rings is 1. The van der Waals surface area contributed by atoms with Crippen molar-refractivity contribution in [1.82, 2.24) is 8.87 Å². The number of aryl methyl sites for hydroxylation is 1. The van der Waals surface area contributed by atoms with E-state index in [1.54, 1.807) is 0 Å². The van der Waals surface area contributed by atoms with Crippen molar-refractivity contribution in [2.45, 2.75) is 23.9 Å². The molecule has 3 heterocycles. The Hall–Kier alpha value is -2.57. The molecule has 0 bridgehead atoms. The summed E-state index contributed by atoms with van der Waals surface area (Å²) >= 11 is 0. The molecular formula is C21H25F3N4O4S. The van der Waals surface area contributed by atoms with Crippen LogP contribution in [0.1, 0.15) is 28.9 Å². The number of carbonyl (C=O) groups excluding carboxylic acids is 1. The second-order valence-corrected chi connectivity index (χ2v) is 10.0. The monoisotopic (exact) mass is 486 g/mol. The lowest BCUT2D eigenvalue weighted by atomic mass is 10.1. The highest BCUT2D eigenvalue weighted by Gasteiger charge is 2.33. The lowest BCUT2D eigenvalue weighted by Gasteiger charge is -2.25. The van der Waals surface area contributed by atoms with Crippen LogP contribution in [0.4, 0.5) is 24.5 Å². The van der Waals surface area contributed by atoms with Gasteiger partial charge in [-0.15, -0.1) is 0 Å². The fraction of sp³-hybridized carbons (Fsp3) is 0.476. The molecule has 4 rings (SSSR count). The van der Waals surface area contributed by atoms with E-state index in [2.05, 4.69) is 5.32 Å². The summed E-state index contributed by atoms with van der Waals surface area (Å²) in [5.74, 6) is -0.694. The maximum Gasteiger partial charge on any atom is 0.416 e. The van der Waals surface area contributed by atoms with Gasteiger partial charge in [-0.05, 0) is 37.1 Å². The Bertz CT molecular complexity index is 1130. The largest absolute Gasteiger partial charge is 0.416 e. The van der Waals surface area contributed by atoms with E-state index < -0.39 is 27.7 Å². The average Bonchev–Trinajstić information content (AvgIpc) is 3.44. The fourth-order valence-electron chi connectivity index (χ4n) is 4.07. The summed E-state index contributed by atoms with van der Waals surface area (Å²) in [7, 11) is -2.31. The predicted molar refractivity (Wildman–Crippen MR) is 116 cm³/mol. The third-order valence-electron chi connectivity index (χ3n) is 5.84. The van der Waals surface area contributed by atoms with Gasteiger partial charge >= 0.3 is 6.18 Å². The predicted octanol–water partition coefficient (Wildman–Crippen LogP) is 2.92. The van der Waals surface area contributed by atoms with Gasteiger partial charge in [0.2, 0.25) is 10.0 Å². The minimum absolute atomic E-state index is 0.0200. The van der Waals surface area contributed by atoms with Crippen LogP contribution in [-0.2, 0) is 28.0 Å². The number of anilines is 2. The number of hydrogen-bond acceptors (Lipinski definition) is 5. The molecule has 33 heavy (non-hydrogen) atoms. The zero-order valence-corrected chi connectivity index (χ0v) is 18.9. The van der Waals surface area contributed by atoms with Crippen LogP contribution >= 0.6 is 0 Å². The van der Waals surface area contributed by atoms with Gasteiger partial charge in [0.25, 0.3) is 5.91 Å². The van der Waals surface area contributed by atoms with Crippen LogP contribution in [0.3, 0.4) is 0 Å². The van der Waals surface area contributed by atoms with E-state index in [9.17, 15) is 26.4 Å². The summed E-state index contributed by atoms with van der Waals surface area (Å²) in [5, 5.41) is 2.57. The molecule has 1 N–H and O–H groups in total. The molecule has 2 aliphatic heterocycles. The number of amides is 1. The summed E-state index contributed by atoms with van der Waals surface area (Å²) in [4.78, 5) is 14.9. The van der Waals surface area contributed by atoms with Crippen molar-refractivity contribution >= 4 is 27.3 Å². The molecule has 0 saturated carbocycles. The first-order valence-electron chi connectivity index (χ1n) is 10.6. The quantitative estimate of drug-likeness (QED) is 0.703. The average molecular weight is 487 g/mol. The summed E-state index contributed by atoms with van der Waals surface area (Å²) in [6.07, 6.45) is -1.41. The molecule has 0 unspecified atom stereocenters. The molecule has 2 saturated heterocycles. The Labute approximate surface area is 190 Å². The van der Waals surface area contributed by atoms with Gasteiger partial charge < -0.3 is 19.5 Å². The second-order valence-electron chi connectivity index (χ2n) is 8.07. The number of hydrogen-bond donors (Lipinski definition) is 1. The molecule has 0 spiro atoms. The van der Waals surface area contributed by atoms with E-state index in [1.165, 1.54) is 34.2 Å². The second kappa shape index (κ2) is 8.99. The first-order chi connectivity index (χ1) is 15.6. The van der Waals surface area contributed by atoms with E-state index in [1.807, 2.05) is 4.90 Å². The number of sulfonamides is 1. The zero-order valence-electron chi connectivity index (χ0n) is 18.1. The Balaban J connectivity index is 1.63. The maximum absolute atomic E-state index is 13.3. The van der Waals surface area contributed by atoms with E-state index in [0.717, 1.165) is 25.0 Å². The molecule has 0 atom stereocenters. The number of rotatable bonds is 5. The standard InChI is InChI=1S/C21H25F3N4O4S/c1-26-14-16(33(30,31)28-8-10-32-11-9-28)13-19(26)20(29)25-17-12-15(21(22,23)24)4-5-18(17)27-6-2-3-7-27/h4-5,12-14H,2-3,6-11H2,1H3,(H,25,29). The number of benzene rings is 1. The van der Waals surface area contributed by atoms with Crippen LogP contribution < -0.4 is 10.2 Å². The summed E-state index contributed by atoms with van der Waals surface area (Å²) in [5.41, 5.74) is -0.311. The number of ether oxygens (including phenoxy) is 1. The lowest BCUT2D eigenvalue weighted by Crippen LogP contribution is -2.40. The van der Waals surface area contributed by atoms with Gasteiger partial charge in [-0.2, -0.15) is 17.5 Å². The maximum atomic E-state index is 13.3. The molecule has 1 aromatic carbocycles. The highest BCUT2D eigenvalue weighted by molar-refractivity contribution is 7.89. The molecule has 0 radical (unpaired) electrons. The van der Waals surface area contributed by atoms with Crippen molar-refractivity contribution in [2.24, 2.45) is 7.05 Å². The van der Waals surface area contributed by atoms with E-state index in [-0.39, 0.29) is 42.6 Å². The van der Waals surface area contributed by atoms with Crippen LogP contribution in [0, 0.1) is 0 Å². The molecule has 1 aromatic heterocycles. The third-order valence-corrected chi connectivity index (χ3v) is 7.70. The Morgan fingerprint density at radius 1 is 1.06 bits per heavy atom.